The van der Waals surface area contributed by atoms with Crippen LogP contribution in [0.3, 0.4) is 0 Å². The molecule has 0 spiro atoms. The zero-order chi connectivity index (χ0) is 20.8. The number of halogens is 1. The molecule has 0 atom stereocenters. The average molecular weight is 418 g/mol. The quantitative estimate of drug-likeness (QED) is 0.457. The fourth-order valence-corrected chi connectivity index (χ4v) is 4.27. The summed E-state index contributed by atoms with van der Waals surface area (Å²) in [4.78, 5) is 10.4. The zero-order valence-corrected chi connectivity index (χ0v) is 16.9. The lowest BCUT2D eigenvalue weighted by Gasteiger charge is -2.20. The molecule has 30 heavy (non-hydrogen) atoms. The molecule has 0 unspecified atom stereocenters. The van der Waals surface area contributed by atoms with E-state index in [1.54, 1.807) is 12.3 Å². The lowest BCUT2D eigenvalue weighted by atomic mass is 9.98. The average Bonchev–Trinajstić information content (AvgIpc) is 3.14. The van der Waals surface area contributed by atoms with Gasteiger partial charge in [0.25, 0.3) is 0 Å². The van der Waals surface area contributed by atoms with Crippen molar-refractivity contribution in [1.82, 2.24) is 9.97 Å². The van der Waals surface area contributed by atoms with Gasteiger partial charge >= 0.3 is 0 Å². The van der Waals surface area contributed by atoms with Gasteiger partial charge in [-0.15, -0.1) is 0 Å². The molecular weight excluding hydrogens is 398 g/mol. The van der Waals surface area contributed by atoms with Gasteiger partial charge in [-0.25, -0.2) is 4.98 Å². The maximum absolute atomic E-state index is 9.81. The second-order valence-corrected chi connectivity index (χ2v) is 7.87. The van der Waals surface area contributed by atoms with Crippen LogP contribution >= 0.6 is 11.6 Å². The van der Waals surface area contributed by atoms with Gasteiger partial charge < -0.3 is 21.5 Å². The first kappa shape index (κ1) is 18.5. The van der Waals surface area contributed by atoms with Crippen molar-refractivity contribution in [2.75, 3.05) is 22.9 Å². The third-order valence-electron chi connectivity index (χ3n) is 5.62. The minimum absolute atomic E-state index is 0.0988. The molecule has 0 bridgehead atoms. The van der Waals surface area contributed by atoms with E-state index in [2.05, 4.69) is 39.1 Å². The molecule has 7 heteroatoms. The molecular formula is C23H20ClN5O. The lowest BCUT2D eigenvalue weighted by Crippen LogP contribution is -2.21. The first-order valence-electron chi connectivity index (χ1n) is 9.66. The normalized spacial score (nSPS) is 13.0. The highest BCUT2D eigenvalue weighted by Gasteiger charge is 2.21. The summed E-state index contributed by atoms with van der Waals surface area (Å²) in [6.07, 6.45) is 2.66. The summed E-state index contributed by atoms with van der Waals surface area (Å²) in [6, 6.07) is 16.1. The summed E-state index contributed by atoms with van der Waals surface area (Å²) >= 11 is 6.22. The van der Waals surface area contributed by atoms with Gasteiger partial charge in [-0.05, 0) is 52.8 Å². The number of benzene rings is 3. The van der Waals surface area contributed by atoms with Crippen LogP contribution in [0.15, 0.2) is 54.7 Å². The van der Waals surface area contributed by atoms with Gasteiger partial charge in [0.2, 0.25) is 5.95 Å². The SMILES string of the molecule is Nc1ncc(CN2CCc3cc(-c4ccc5c(Cl)c(O)ccc5c4)ccc32)c(N)n1. The molecule has 0 aliphatic carbocycles. The Morgan fingerprint density at radius 1 is 1.03 bits per heavy atom. The maximum Gasteiger partial charge on any atom is 0.221 e. The second kappa shape index (κ2) is 7.07. The molecule has 6 nitrogen and oxygen atoms in total. The van der Waals surface area contributed by atoms with Crippen molar-refractivity contribution < 1.29 is 5.11 Å². The number of anilines is 3. The molecule has 150 valence electrons. The van der Waals surface area contributed by atoms with Crippen molar-refractivity contribution in [3.05, 3.63) is 70.9 Å². The van der Waals surface area contributed by atoms with Crippen molar-refractivity contribution in [2.45, 2.75) is 13.0 Å². The summed E-state index contributed by atoms with van der Waals surface area (Å²) in [5.74, 6) is 0.713. The number of rotatable bonds is 3. The summed E-state index contributed by atoms with van der Waals surface area (Å²) in [5.41, 5.74) is 17.2. The third-order valence-corrected chi connectivity index (χ3v) is 6.01. The van der Waals surface area contributed by atoms with Crippen LogP contribution in [0.25, 0.3) is 21.9 Å². The Hall–Kier alpha value is -3.51. The molecule has 0 amide bonds. The van der Waals surface area contributed by atoms with Gasteiger partial charge in [-0.3, -0.25) is 0 Å². The number of aromatic hydroxyl groups is 1. The van der Waals surface area contributed by atoms with E-state index in [1.165, 1.54) is 11.3 Å². The summed E-state index contributed by atoms with van der Waals surface area (Å²) in [5, 5.41) is 12.0. The number of hydrogen-bond donors (Lipinski definition) is 3. The maximum atomic E-state index is 9.81. The zero-order valence-electron chi connectivity index (χ0n) is 16.1. The molecule has 0 radical (unpaired) electrons. The Labute approximate surface area is 178 Å². The van der Waals surface area contributed by atoms with Gasteiger partial charge in [0.15, 0.2) is 0 Å². The van der Waals surface area contributed by atoms with Crippen LogP contribution in [0.5, 0.6) is 5.75 Å². The van der Waals surface area contributed by atoms with Crippen LogP contribution in [0, 0.1) is 0 Å². The van der Waals surface area contributed by atoms with E-state index in [9.17, 15) is 5.11 Å². The molecule has 1 aliphatic rings. The Morgan fingerprint density at radius 2 is 1.83 bits per heavy atom. The summed E-state index contributed by atoms with van der Waals surface area (Å²) in [7, 11) is 0. The number of fused-ring (bicyclic) bond motifs is 2. The topological polar surface area (TPSA) is 101 Å². The van der Waals surface area contributed by atoms with E-state index in [4.69, 9.17) is 23.1 Å². The molecule has 3 aromatic carbocycles. The third kappa shape index (κ3) is 3.15. The van der Waals surface area contributed by atoms with Crippen LogP contribution in [0.1, 0.15) is 11.1 Å². The summed E-state index contributed by atoms with van der Waals surface area (Å²) < 4.78 is 0. The van der Waals surface area contributed by atoms with Crippen molar-refractivity contribution in [1.29, 1.82) is 0 Å². The Morgan fingerprint density at radius 3 is 2.67 bits per heavy atom. The molecule has 1 aliphatic heterocycles. The predicted molar refractivity (Wildman–Crippen MR) is 122 cm³/mol. The van der Waals surface area contributed by atoms with Crippen molar-refractivity contribution in [3.8, 4) is 16.9 Å². The molecule has 4 aromatic rings. The monoisotopic (exact) mass is 417 g/mol. The van der Waals surface area contributed by atoms with Gasteiger partial charge in [0.05, 0.1) is 5.02 Å². The fourth-order valence-electron chi connectivity index (χ4n) is 4.04. The van der Waals surface area contributed by atoms with Crippen LogP contribution in [0.2, 0.25) is 5.02 Å². The first-order valence-corrected chi connectivity index (χ1v) is 10.0. The van der Waals surface area contributed by atoms with Crippen LogP contribution < -0.4 is 16.4 Å². The van der Waals surface area contributed by atoms with Crippen molar-refractivity contribution in [2.24, 2.45) is 0 Å². The molecule has 2 heterocycles. The van der Waals surface area contributed by atoms with E-state index in [1.807, 2.05) is 18.2 Å². The van der Waals surface area contributed by atoms with E-state index < -0.39 is 0 Å². The number of nitrogen functional groups attached to an aromatic ring is 2. The molecule has 0 fully saturated rings. The number of nitrogens with two attached hydrogens (primary N) is 2. The number of nitrogens with zero attached hydrogens (tertiary/aromatic N) is 3. The van der Waals surface area contributed by atoms with Gasteiger partial charge in [-0.2, -0.15) is 4.98 Å². The molecule has 5 rings (SSSR count). The van der Waals surface area contributed by atoms with Crippen LogP contribution in [-0.4, -0.2) is 21.6 Å². The number of phenols is 1. The van der Waals surface area contributed by atoms with E-state index >= 15 is 0 Å². The standard InChI is InChI=1S/C23H20ClN5O/c24-21-18-4-1-13(9-15(18)3-6-20(21)30)14-2-5-19-16(10-14)7-8-29(19)12-17-11-27-23(26)28-22(17)25/h1-6,9-11,30H,7-8,12H2,(H4,25,26,27,28). The van der Waals surface area contributed by atoms with Gasteiger partial charge in [0.1, 0.15) is 11.6 Å². The highest BCUT2D eigenvalue weighted by atomic mass is 35.5. The largest absolute Gasteiger partial charge is 0.506 e. The fraction of sp³-hybridized carbons (Fsp3) is 0.130. The number of phenolic OH excluding ortho intramolecular Hbond substituents is 1. The first-order chi connectivity index (χ1) is 14.5. The summed E-state index contributed by atoms with van der Waals surface area (Å²) in [6.45, 7) is 1.56. The van der Waals surface area contributed by atoms with Gasteiger partial charge in [0, 0.05) is 35.9 Å². The molecule has 1 aromatic heterocycles. The minimum Gasteiger partial charge on any atom is -0.506 e. The van der Waals surface area contributed by atoms with Gasteiger partial charge in [-0.1, -0.05) is 35.9 Å². The molecule has 0 saturated heterocycles. The van der Waals surface area contributed by atoms with Crippen molar-refractivity contribution in [3.63, 3.8) is 0 Å². The second-order valence-electron chi connectivity index (χ2n) is 7.49. The number of aromatic nitrogens is 2. The van der Waals surface area contributed by atoms with E-state index in [0.29, 0.717) is 17.4 Å². The molecule has 0 saturated carbocycles. The highest BCUT2D eigenvalue weighted by molar-refractivity contribution is 6.37. The predicted octanol–water partition coefficient (Wildman–Crippen LogP) is 4.38. The number of hydrogen-bond acceptors (Lipinski definition) is 6. The Bertz CT molecular complexity index is 1290. The van der Waals surface area contributed by atoms with Crippen LogP contribution in [-0.2, 0) is 13.0 Å². The smallest absolute Gasteiger partial charge is 0.221 e. The van der Waals surface area contributed by atoms with E-state index in [0.717, 1.165) is 40.4 Å². The van der Waals surface area contributed by atoms with Crippen LogP contribution in [0.4, 0.5) is 17.5 Å². The molecule has 5 N–H and O–H groups in total. The Kier molecular flexibility index (Phi) is 4.37. The van der Waals surface area contributed by atoms with E-state index in [-0.39, 0.29) is 11.7 Å². The Balaban J connectivity index is 1.45. The van der Waals surface area contributed by atoms with Crippen molar-refractivity contribution >= 4 is 39.8 Å². The highest BCUT2D eigenvalue weighted by Crippen LogP contribution is 2.37. The minimum atomic E-state index is 0.0988. The lowest BCUT2D eigenvalue weighted by molar-refractivity contribution is 0.476.